The highest BCUT2D eigenvalue weighted by molar-refractivity contribution is 4.95. The van der Waals surface area contributed by atoms with Crippen LogP contribution in [0.2, 0.25) is 0 Å². The Hall–Kier alpha value is -0.980. The van der Waals surface area contributed by atoms with Crippen LogP contribution in [0.15, 0.2) is 4.52 Å². The Morgan fingerprint density at radius 3 is 2.86 bits per heavy atom. The molecule has 6 nitrogen and oxygen atoms in total. The molecule has 2 aliphatic heterocycles. The summed E-state index contributed by atoms with van der Waals surface area (Å²) in [4.78, 5) is 6.85. The number of aryl methyl sites for hydroxylation is 1. The zero-order chi connectivity index (χ0) is 14.5. The minimum absolute atomic E-state index is 0.150. The number of nitrogens with two attached hydrogens (primary N) is 1. The van der Waals surface area contributed by atoms with Gasteiger partial charge in [0.25, 0.3) is 0 Å². The van der Waals surface area contributed by atoms with E-state index in [1.807, 2.05) is 0 Å². The third-order valence-electron chi connectivity index (χ3n) is 4.42. The number of hydrogen-bond donors (Lipinski definition) is 1. The smallest absolute Gasteiger partial charge is 0.226 e. The van der Waals surface area contributed by atoms with Gasteiger partial charge in [0, 0.05) is 19.6 Å². The normalized spacial score (nSPS) is 25.3. The maximum absolute atomic E-state index is 6.21. The number of nitrogens with zero attached hydrogens (tertiary/aromatic N) is 3. The zero-order valence-electron chi connectivity index (χ0n) is 12.7. The molecule has 0 radical (unpaired) electrons. The van der Waals surface area contributed by atoms with Crippen LogP contribution in [0.4, 0.5) is 0 Å². The maximum Gasteiger partial charge on any atom is 0.226 e. The molecule has 2 fully saturated rings. The van der Waals surface area contributed by atoms with Gasteiger partial charge in [0.1, 0.15) is 0 Å². The van der Waals surface area contributed by atoms with Crippen molar-refractivity contribution in [3.05, 3.63) is 11.7 Å². The van der Waals surface area contributed by atoms with E-state index in [1.54, 1.807) is 0 Å². The quantitative estimate of drug-likeness (QED) is 0.860. The van der Waals surface area contributed by atoms with Gasteiger partial charge in [-0.05, 0) is 45.2 Å². The Kier molecular flexibility index (Phi) is 5.22. The molecule has 0 spiro atoms. The van der Waals surface area contributed by atoms with Gasteiger partial charge in [-0.2, -0.15) is 4.98 Å². The number of rotatable bonds is 6. The molecule has 3 heterocycles. The first kappa shape index (κ1) is 14.9. The summed E-state index contributed by atoms with van der Waals surface area (Å²) in [6.07, 6.45) is 8.30. The number of piperidine rings is 1. The third kappa shape index (κ3) is 4.25. The molecule has 1 aromatic heterocycles. The fourth-order valence-corrected chi connectivity index (χ4v) is 3.18. The summed E-state index contributed by atoms with van der Waals surface area (Å²) in [5.74, 6) is 1.33. The molecular formula is C15H26N4O2. The molecule has 0 aliphatic carbocycles. The SMILES string of the molecule is NC(CN1CCCCC1)c1noc(CCC2CCCO2)n1. The van der Waals surface area contributed by atoms with E-state index in [4.69, 9.17) is 15.0 Å². The summed E-state index contributed by atoms with van der Waals surface area (Å²) < 4.78 is 10.9. The molecule has 1 aromatic rings. The van der Waals surface area contributed by atoms with Crippen LogP contribution in [0, 0.1) is 0 Å². The molecule has 21 heavy (non-hydrogen) atoms. The highest BCUT2D eigenvalue weighted by Gasteiger charge is 2.20. The Labute approximate surface area is 126 Å². The van der Waals surface area contributed by atoms with Crippen LogP contribution in [0.25, 0.3) is 0 Å². The molecule has 2 saturated heterocycles. The first-order valence-corrected chi connectivity index (χ1v) is 8.23. The van der Waals surface area contributed by atoms with Crippen molar-refractivity contribution in [2.45, 2.75) is 57.1 Å². The summed E-state index contributed by atoms with van der Waals surface area (Å²) in [7, 11) is 0. The minimum atomic E-state index is -0.150. The average molecular weight is 294 g/mol. The van der Waals surface area contributed by atoms with Gasteiger partial charge in [0.05, 0.1) is 12.1 Å². The lowest BCUT2D eigenvalue weighted by atomic mass is 10.1. The van der Waals surface area contributed by atoms with Crippen molar-refractivity contribution in [2.24, 2.45) is 5.73 Å². The first-order chi connectivity index (χ1) is 10.3. The predicted octanol–water partition coefficient (Wildman–Crippen LogP) is 1.67. The van der Waals surface area contributed by atoms with Crippen LogP contribution in [0.1, 0.15) is 56.3 Å². The monoisotopic (exact) mass is 294 g/mol. The van der Waals surface area contributed by atoms with Crippen LogP contribution in [-0.2, 0) is 11.2 Å². The molecule has 118 valence electrons. The predicted molar refractivity (Wildman–Crippen MR) is 78.8 cm³/mol. The molecule has 2 atom stereocenters. The van der Waals surface area contributed by atoms with Crippen LogP contribution in [0.5, 0.6) is 0 Å². The number of hydrogen-bond acceptors (Lipinski definition) is 6. The maximum atomic E-state index is 6.21. The summed E-state index contributed by atoms with van der Waals surface area (Å²) in [5.41, 5.74) is 6.21. The van der Waals surface area contributed by atoms with E-state index in [-0.39, 0.29) is 6.04 Å². The van der Waals surface area contributed by atoms with Crippen molar-refractivity contribution < 1.29 is 9.26 Å². The minimum Gasteiger partial charge on any atom is -0.378 e. The highest BCUT2D eigenvalue weighted by Crippen LogP contribution is 2.18. The van der Waals surface area contributed by atoms with Crippen LogP contribution in [0.3, 0.4) is 0 Å². The van der Waals surface area contributed by atoms with Crippen molar-refractivity contribution in [3.63, 3.8) is 0 Å². The Morgan fingerprint density at radius 2 is 2.10 bits per heavy atom. The van der Waals surface area contributed by atoms with Crippen LogP contribution < -0.4 is 5.73 Å². The Morgan fingerprint density at radius 1 is 1.24 bits per heavy atom. The van der Waals surface area contributed by atoms with E-state index in [2.05, 4.69) is 15.0 Å². The first-order valence-electron chi connectivity index (χ1n) is 8.23. The van der Waals surface area contributed by atoms with Gasteiger partial charge < -0.3 is 19.9 Å². The lowest BCUT2D eigenvalue weighted by Gasteiger charge is -2.27. The summed E-state index contributed by atoms with van der Waals surface area (Å²) in [5, 5.41) is 4.05. The lowest BCUT2D eigenvalue weighted by Crippen LogP contribution is -2.36. The topological polar surface area (TPSA) is 77.4 Å². The summed E-state index contributed by atoms with van der Waals surface area (Å²) >= 11 is 0. The average Bonchev–Trinajstić information content (AvgIpc) is 3.18. The molecular weight excluding hydrogens is 268 g/mol. The van der Waals surface area contributed by atoms with Crippen molar-refractivity contribution in [1.82, 2.24) is 15.0 Å². The molecule has 0 amide bonds. The molecule has 3 rings (SSSR count). The second-order valence-electron chi connectivity index (χ2n) is 6.19. The third-order valence-corrected chi connectivity index (χ3v) is 4.42. The number of ether oxygens (including phenoxy) is 1. The lowest BCUT2D eigenvalue weighted by molar-refractivity contribution is 0.102. The zero-order valence-corrected chi connectivity index (χ0v) is 12.7. The van der Waals surface area contributed by atoms with Crippen molar-refractivity contribution in [1.29, 1.82) is 0 Å². The molecule has 0 saturated carbocycles. The van der Waals surface area contributed by atoms with Crippen LogP contribution in [-0.4, -0.2) is 47.4 Å². The van der Waals surface area contributed by atoms with E-state index in [0.717, 1.165) is 45.5 Å². The van der Waals surface area contributed by atoms with E-state index < -0.39 is 0 Å². The fourth-order valence-electron chi connectivity index (χ4n) is 3.18. The molecule has 6 heteroatoms. The van der Waals surface area contributed by atoms with Crippen molar-refractivity contribution >= 4 is 0 Å². The van der Waals surface area contributed by atoms with E-state index in [1.165, 1.54) is 25.7 Å². The molecule has 2 N–H and O–H groups in total. The van der Waals surface area contributed by atoms with Gasteiger partial charge in [-0.25, -0.2) is 0 Å². The van der Waals surface area contributed by atoms with E-state index >= 15 is 0 Å². The van der Waals surface area contributed by atoms with E-state index in [0.29, 0.717) is 17.8 Å². The summed E-state index contributed by atoms with van der Waals surface area (Å²) in [6, 6.07) is -0.150. The van der Waals surface area contributed by atoms with Gasteiger partial charge in [0.2, 0.25) is 5.89 Å². The van der Waals surface area contributed by atoms with Crippen molar-refractivity contribution in [2.75, 3.05) is 26.2 Å². The molecule has 0 aromatic carbocycles. The molecule has 2 unspecified atom stereocenters. The Bertz CT molecular complexity index is 425. The van der Waals surface area contributed by atoms with Gasteiger partial charge in [-0.15, -0.1) is 0 Å². The fraction of sp³-hybridized carbons (Fsp3) is 0.867. The second kappa shape index (κ2) is 7.33. The van der Waals surface area contributed by atoms with Gasteiger partial charge in [-0.1, -0.05) is 11.6 Å². The number of likely N-dealkylation sites (tertiary alicyclic amines) is 1. The summed E-state index contributed by atoms with van der Waals surface area (Å²) in [6.45, 7) is 3.99. The standard InChI is InChI=1S/C15H26N4O2/c16-13(11-19-8-2-1-3-9-19)15-17-14(21-18-15)7-6-12-5-4-10-20-12/h12-13H,1-11,16H2. The molecule has 0 bridgehead atoms. The van der Waals surface area contributed by atoms with E-state index in [9.17, 15) is 0 Å². The van der Waals surface area contributed by atoms with Crippen LogP contribution >= 0.6 is 0 Å². The van der Waals surface area contributed by atoms with Gasteiger partial charge in [-0.3, -0.25) is 0 Å². The molecule has 2 aliphatic rings. The van der Waals surface area contributed by atoms with Crippen molar-refractivity contribution in [3.8, 4) is 0 Å². The number of aromatic nitrogens is 2. The second-order valence-corrected chi connectivity index (χ2v) is 6.19. The van der Waals surface area contributed by atoms with Gasteiger partial charge in [0.15, 0.2) is 5.82 Å². The largest absolute Gasteiger partial charge is 0.378 e. The highest BCUT2D eigenvalue weighted by atomic mass is 16.5. The van der Waals surface area contributed by atoms with Gasteiger partial charge >= 0.3 is 0 Å². The Balaban J connectivity index is 1.46.